The molecule has 72 valence electrons. The maximum Gasteiger partial charge on any atom is 0.226 e. The van der Waals surface area contributed by atoms with E-state index in [1.54, 1.807) is 0 Å². The summed E-state index contributed by atoms with van der Waals surface area (Å²) in [5.74, 6) is -0.143. The van der Waals surface area contributed by atoms with Crippen LogP contribution in [0.2, 0.25) is 0 Å². The minimum Gasteiger partial charge on any atom is -0.378 e. The van der Waals surface area contributed by atoms with Crippen molar-refractivity contribution in [3.05, 3.63) is 0 Å². The standard InChI is InChI=1S/C9H14N2O2/c1-7-8(3-2-6-13-7)9(12)11-5-4-10/h7-8H,2-3,5-6H2,1H3,(H,11,12)/t7-,8-/m0/s1. The van der Waals surface area contributed by atoms with Crippen LogP contribution in [-0.2, 0) is 9.53 Å². The second kappa shape index (κ2) is 4.83. The van der Waals surface area contributed by atoms with Crippen LogP contribution < -0.4 is 5.32 Å². The Bertz CT molecular complexity index is 222. The third kappa shape index (κ3) is 2.71. The first-order valence-electron chi connectivity index (χ1n) is 4.52. The molecule has 1 fully saturated rings. The third-order valence-corrected chi connectivity index (χ3v) is 2.29. The molecule has 4 nitrogen and oxygen atoms in total. The van der Waals surface area contributed by atoms with Crippen molar-refractivity contribution in [2.45, 2.75) is 25.9 Å². The molecule has 1 aliphatic rings. The summed E-state index contributed by atoms with van der Waals surface area (Å²) in [6, 6.07) is 1.88. The molecule has 2 atom stereocenters. The first-order chi connectivity index (χ1) is 6.25. The van der Waals surface area contributed by atoms with Gasteiger partial charge in [-0.1, -0.05) is 0 Å². The van der Waals surface area contributed by atoms with Gasteiger partial charge < -0.3 is 10.1 Å². The molecule has 0 aromatic carbocycles. The van der Waals surface area contributed by atoms with Gasteiger partial charge in [-0.2, -0.15) is 5.26 Å². The fourth-order valence-electron chi connectivity index (χ4n) is 1.53. The van der Waals surface area contributed by atoms with Gasteiger partial charge in [0.15, 0.2) is 0 Å². The predicted molar refractivity (Wildman–Crippen MR) is 46.8 cm³/mol. The van der Waals surface area contributed by atoms with E-state index in [1.807, 2.05) is 13.0 Å². The average Bonchev–Trinajstić information content (AvgIpc) is 2.15. The SMILES string of the molecule is C[C@@H]1OCCC[C@@H]1C(=O)NCC#N. The molecule has 0 spiro atoms. The van der Waals surface area contributed by atoms with E-state index < -0.39 is 0 Å². The molecule has 1 saturated heterocycles. The van der Waals surface area contributed by atoms with Crippen molar-refractivity contribution < 1.29 is 9.53 Å². The highest BCUT2D eigenvalue weighted by Gasteiger charge is 2.28. The number of nitriles is 1. The van der Waals surface area contributed by atoms with Crippen molar-refractivity contribution in [2.24, 2.45) is 5.92 Å². The summed E-state index contributed by atoms with van der Waals surface area (Å²) in [5, 5.41) is 10.8. The van der Waals surface area contributed by atoms with Crippen LogP contribution in [0.3, 0.4) is 0 Å². The number of amides is 1. The van der Waals surface area contributed by atoms with E-state index >= 15 is 0 Å². The number of carbonyl (C=O) groups excluding carboxylic acids is 1. The van der Waals surface area contributed by atoms with Gasteiger partial charge in [0, 0.05) is 6.61 Å². The van der Waals surface area contributed by atoms with Gasteiger partial charge in [0.1, 0.15) is 6.54 Å². The van der Waals surface area contributed by atoms with Crippen LogP contribution in [0.15, 0.2) is 0 Å². The second-order valence-corrected chi connectivity index (χ2v) is 3.20. The predicted octanol–water partition coefficient (Wildman–Crippen LogP) is 0.441. The zero-order chi connectivity index (χ0) is 9.68. The Balaban J connectivity index is 2.40. The Kier molecular flexibility index (Phi) is 3.71. The van der Waals surface area contributed by atoms with Gasteiger partial charge in [-0.25, -0.2) is 0 Å². The summed E-state index contributed by atoms with van der Waals surface area (Å²) in [5.41, 5.74) is 0. The van der Waals surface area contributed by atoms with E-state index in [1.165, 1.54) is 0 Å². The summed E-state index contributed by atoms with van der Waals surface area (Å²) >= 11 is 0. The Morgan fingerprint density at radius 1 is 1.77 bits per heavy atom. The average molecular weight is 182 g/mol. The first-order valence-corrected chi connectivity index (χ1v) is 4.52. The topological polar surface area (TPSA) is 62.1 Å². The molecule has 0 aromatic heterocycles. The van der Waals surface area contributed by atoms with Crippen LogP contribution in [0.1, 0.15) is 19.8 Å². The molecule has 0 aliphatic carbocycles. The number of hydrogen-bond acceptors (Lipinski definition) is 3. The maximum atomic E-state index is 11.4. The fraction of sp³-hybridized carbons (Fsp3) is 0.778. The Morgan fingerprint density at radius 3 is 3.15 bits per heavy atom. The van der Waals surface area contributed by atoms with Crippen LogP contribution in [0.4, 0.5) is 0 Å². The summed E-state index contributed by atoms with van der Waals surface area (Å²) in [4.78, 5) is 11.4. The molecule has 4 heteroatoms. The van der Waals surface area contributed by atoms with Crippen LogP contribution in [0.5, 0.6) is 0 Å². The lowest BCUT2D eigenvalue weighted by Crippen LogP contribution is -2.40. The molecule has 1 amide bonds. The molecule has 0 bridgehead atoms. The number of carbonyl (C=O) groups is 1. The molecule has 0 saturated carbocycles. The van der Waals surface area contributed by atoms with E-state index in [2.05, 4.69) is 5.32 Å². The van der Waals surface area contributed by atoms with Crippen LogP contribution in [-0.4, -0.2) is 25.2 Å². The van der Waals surface area contributed by atoms with Gasteiger partial charge >= 0.3 is 0 Å². The second-order valence-electron chi connectivity index (χ2n) is 3.20. The third-order valence-electron chi connectivity index (χ3n) is 2.29. The lowest BCUT2D eigenvalue weighted by Gasteiger charge is -2.27. The van der Waals surface area contributed by atoms with Crippen molar-refractivity contribution in [2.75, 3.05) is 13.2 Å². The van der Waals surface area contributed by atoms with Crippen LogP contribution >= 0.6 is 0 Å². The zero-order valence-corrected chi connectivity index (χ0v) is 7.75. The lowest BCUT2D eigenvalue weighted by molar-refractivity contribution is -0.132. The van der Waals surface area contributed by atoms with E-state index in [9.17, 15) is 4.79 Å². The number of ether oxygens (including phenoxy) is 1. The van der Waals surface area contributed by atoms with Gasteiger partial charge in [0.25, 0.3) is 0 Å². The molecule has 1 aliphatic heterocycles. The fourth-order valence-corrected chi connectivity index (χ4v) is 1.53. The van der Waals surface area contributed by atoms with Crippen molar-refractivity contribution in [3.8, 4) is 6.07 Å². The Hall–Kier alpha value is -1.08. The minimum absolute atomic E-state index is 0.0209. The number of nitrogens with zero attached hydrogens (tertiary/aromatic N) is 1. The van der Waals surface area contributed by atoms with E-state index in [0.29, 0.717) is 0 Å². The van der Waals surface area contributed by atoms with Crippen molar-refractivity contribution in [1.29, 1.82) is 5.26 Å². The molecule has 1 rings (SSSR count). The first kappa shape index (κ1) is 10.0. The zero-order valence-electron chi connectivity index (χ0n) is 7.75. The maximum absolute atomic E-state index is 11.4. The molecule has 1 N–H and O–H groups in total. The largest absolute Gasteiger partial charge is 0.378 e. The van der Waals surface area contributed by atoms with Crippen molar-refractivity contribution in [1.82, 2.24) is 5.32 Å². The highest BCUT2D eigenvalue weighted by molar-refractivity contribution is 5.79. The quantitative estimate of drug-likeness (QED) is 0.630. The van der Waals surface area contributed by atoms with Gasteiger partial charge in [-0.05, 0) is 19.8 Å². The molecular formula is C9H14N2O2. The summed E-state index contributed by atoms with van der Waals surface area (Å²) in [6.45, 7) is 2.72. The smallest absolute Gasteiger partial charge is 0.226 e. The van der Waals surface area contributed by atoms with E-state index in [0.717, 1.165) is 19.4 Å². The van der Waals surface area contributed by atoms with Gasteiger partial charge in [-0.15, -0.1) is 0 Å². The molecular weight excluding hydrogens is 168 g/mol. The summed E-state index contributed by atoms with van der Waals surface area (Å²) in [7, 11) is 0. The molecule has 0 aromatic rings. The van der Waals surface area contributed by atoms with Gasteiger partial charge in [0.2, 0.25) is 5.91 Å². The Morgan fingerprint density at radius 2 is 2.54 bits per heavy atom. The van der Waals surface area contributed by atoms with Crippen molar-refractivity contribution in [3.63, 3.8) is 0 Å². The number of rotatable bonds is 2. The molecule has 1 heterocycles. The molecule has 13 heavy (non-hydrogen) atoms. The van der Waals surface area contributed by atoms with Gasteiger partial charge in [0.05, 0.1) is 18.1 Å². The molecule has 0 unspecified atom stereocenters. The van der Waals surface area contributed by atoms with Crippen molar-refractivity contribution >= 4 is 5.91 Å². The highest BCUT2D eigenvalue weighted by Crippen LogP contribution is 2.20. The summed E-state index contributed by atoms with van der Waals surface area (Å²) < 4.78 is 5.35. The van der Waals surface area contributed by atoms with Crippen LogP contribution in [0, 0.1) is 17.2 Å². The lowest BCUT2D eigenvalue weighted by atomic mass is 9.94. The number of nitrogens with one attached hydrogen (secondary N) is 1. The normalized spacial score (nSPS) is 27.7. The number of hydrogen-bond donors (Lipinski definition) is 1. The van der Waals surface area contributed by atoms with Crippen LogP contribution in [0.25, 0.3) is 0 Å². The molecule has 0 radical (unpaired) electrons. The van der Waals surface area contributed by atoms with Gasteiger partial charge in [-0.3, -0.25) is 4.79 Å². The highest BCUT2D eigenvalue weighted by atomic mass is 16.5. The van der Waals surface area contributed by atoms with E-state index in [4.69, 9.17) is 10.00 Å². The summed E-state index contributed by atoms with van der Waals surface area (Å²) in [6.07, 6.45) is 1.76. The monoisotopic (exact) mass is 182 g/mol. The Labute approximate surface area is 77.9 Å². The van der Waals surface area contributed by atoms with E-state index in [-0.39, 0.29) is 24.5 Å². The minimum atomic E-state index is -0.0814.